The van der Waals surface area contributed by atoms with Crippen molar-refractivity contribution in [1.82, 2.24) is 0 Å². The Balaban J connectivity index is 1.80. The number of carbonyl (C=O) groups excluding carboxylic acids is 2. The zero-order chi connectivity index (χ0) is 21.8. The lowest BCUT2D eigenvalue weighted by Crippen LogP contribution is -2.28. The van der Waals surface area contributed by atoms with Crippen LogP contribution in [0, 0.1) is 22.7 Å². The van der Waals surface area contributed by atoms with E-state index in [0.29, 0.717) is 5.69 Å². The molecule has 9 heteroatoms. The number of phenolic OH excluding ortho intramolecular Hbond substituents is 1. The Bertz CT molecular complexity index is 1100. The molecule has 0 radical (unpaired) electrons. The first-order chi connectivity index (χ1) is 14.3. The van der Waals surface area contributed by atoms with E-state index in [-0.39, 0.29) is 40.0 Å². The largest absolute Gasteiger partial charge is 0.507 e. The van der Waals surface area contributed by atoms with E-state index in [1.165, 1.54) is 30.3 Å². The highest BCUT2D eigenvalue weighted by atomic mass is 16.4. The number of carboxylic acid groups (broad SMARTS) is 1. The quantitative estimate of drug-likeness (QED) is 0.366. The third kappa shape index (κ3) is 4.28. The van der Waals surface area contributed by atoms with Gasteiger partial charge in [0.15, 0.2) is 0 Å². The Kier molecular flexibility index (Phi) is 5.78. The molecule has 0 heterocycles. The minimum Gasteiger partial charge on any atom is -0.507 e. The minimum atomic E-state index is -1.35. The Labute approximate surface area is 171 Å². The molecule has 30 heavy (non-hydrogen) atoms. The molecular weight excluding hydrogens is 388 g/mol. The Morgan fingerprint density at radius 1 is 1.07 bits per heavy atom. The number of amides is 2. The number of hydrogen-bond donors (Lipinski definition) is 5. The van der Waals surface area contributed by atoms with E-state index >= 15 is 0 Å². The first kappa shape index (κ1) is 20.5. The third-order valence-corrected chi connectivity index (χ3v) is 4.86. The van der Waals surface area contributed by atoms with Crippen LogP contribution in [0.5, 0.6) is 5.75 Å². The summed E-state index contributed by atoms with van der Waals surface area (Å²) in [5.74, 6) is -2.86. The van der Waals surface area contributed by atoms with E-state index in [4.69, 9.17) is 10.7 Å². The normalized spacial score (nSPS) is 12.9. The highest BCUT2D eigenvalue weighted by molar-refractivity contribution is 6.48. The van der Waals surface area contributed by atoms with Crippen LogP contribution < -0.4 is 10.6 Å². The molecule has 152 valence electrons. The van der Waals surface area contributed by atoms with E-state index in [2.05, 4.69) is 10.6 Å². The van der Waals surface area contributed by atoms with Crippen molar-refractivity contribution in [3.05, 3.63) is 53.1 Å². The van der Waals surface area contributed by atoms with Crippen molar-refractivity contribution in [1.29, 1.82) is 10.7 Å². The number of aromatic carboxylic acids is 1. The van der Waals surface area contributed by atoms with Crippen molar-refractivity contribution < 1.29 is 24.6 Å². The first-order valence-corrected chi connectivity index (χ1v) is 9.11. The van der Waals surface area contributed by atoms with Gasteiger partial charge in [-0.1, -0.05) is 6.42 Å². The molecule has 1 aliphatic rings. The van der Waals surface area contributed by atoms with Crippen LogP contribution in [-0.4, -0.2) is 33.7 Å². The number of hydrogen-bond acceptors (Lipinski definition) is 6. The van der Waals surface area contributed by atoms with Crippen LogP contribution >= 0.6 is 0 Å². The van der Waals surface area contributed by atoms with Crippen LogP contribution in [0.1, 0.15) is 40.7 Å². The van der Waals surface area contributed by atoms with Crippen molar-refractivity contribution in [2.75, 3.05) is 10.6 Å². The SMILES string of the molecule is N#Cc1ccc(NC(=O)C(=N)c2cc(NC(=O)C3CCC3)ccc2O)c(C(=O)O)c1. The zero-order valence-corrected chi connectivity index (χ0v) is 15.7. The number of rotatable bonds is 6. The van der Waals surface area contributed by atoms with Crippen LogP contribution in [-0.2, 0) is 9.59 Å². The molecule has 1 aliphatic carbocycles. The van der Waals surface area contributed by atoms with Gasteiger partial charge in [0.25, 0.3) is 5.91 Å². The number of aromatic hydroxyl groups is 1. The fourth-order valence-corrected chi connectivity index (χ4v) is 2.94. The number of nitrogens with one attached hydrogen (secondary N) is 3. The molecule has 5 N–H and O–H groups in total. The molecule has 9 nitrogen and oxygen atoms in total. The highest BCUT2D eigenvalue weighted by Crippen LogP contribution is 2.29. The predicted molar refractivity (Wildman–Crippen MR) is 108 cm³/mol. The standard InChI is InChI=1S/C21H18N4O5/c22-10-11-4-6-16(14(8-11)21(29)30)25-20(28)18(23)15-9-13(5-7-17(15)26)24-19(27)12-2-1-3-12/h4-9,12,23,26H,1-3H2,(H,24,27)(H,25,28)(H,29,30). The van der Waals surface area contributed by atoms with Crippen LogP contribution in [0.25, 0.3) is 0 Å². The van der Waals surface area contributed by atoms with E-state index in [9.17, 15) is 24.6 Å². The topological polar surface area (TPSA) is 163 Å². The summed E-state index contributed by atoms with van der Waals surface area (Å²) >= 11 is 0. The van der Waals surface area contributed by atoms with Crippen LogP contribution in [0.3, 0.4) is 0 Å². The van der Waals surface area contributed by atoms with E-state index in [1.807, 2.05) is 6.07 Å². The van der Waals surface area contributed by atoms with Gasteiger partial charge in [0, 0.05) is 17.2 Å². The van der Waals surface area contributed by atoms with Crippen LogP contribution in [0.4, 0.5) is 11.4 Å². The molecule has 2 aromatic carbocycles. The van der Waals surface area contributed by atoms with Gasteiger partial charge in [-0.25, -0.2) is 4.79 Å². The zero-order valence-electron chi connectivity index (χ0n) is 15.7. The van der Waals surface area contributed by atoms with Gasteiger partial charge in [0.1, 0.15) is 11.5 Å². The van der Waals surface area contributed by atoms with Crippen molar-refractivity contribution in [3.8, 4) is 11.8 Å². The molecule has 1 fully saturated rings. The van der Waals surface area contributed by atoms with Crippen molar-refractivity contribution in [2.24, 2.45) is 5.92 Å². The Morgan fingerprint density at radius 3 is 2.40 bits per heavy atom. The molecular formula is C21H18N4O5. The molecule has 0 spiro atoms. The summed E-state index contributed by atoms with van der Waals surface area (Å²) in [6, 6.07) is 9.54. The molecule has 0 bridgehead atoms. The summed E-state index contributed by atoms with van der Waals surface area (Å²) in [4.78, 5) is 36.0. The number of carboxylic acids is 1. The summed E-state index contributed by atoms with van der Waals surface area (Å²) < 4.78 is 0. The van der Waals surface area contributed by atoms with Crippen molar-refractivity contribution in [3.63, 3.8) is 0 Å². The lowest BCUT2D eigenvalue weighted by molar-refractivity contribution is -0.122. The summed E-state index contributed by atoms with van der Waals surface area (Å²) in [7, 11) is 0. The summed E-state index contributed by atoms with van der Waals surface area (Å²) in [6.45, 7) is 0. The minimum absolute atomic E-state index is 0.0594. The van der Waals surface area contributed by atoms with Gasteiger partial charge in [0.05, 0.1) is 22.9 Å². The molecule has 0 aliphatic heterocycles. The van der Waals surface area contributed by atoms with Gasteiger partial charge in [0.2, 0.25) is 5.91 Å². The fourth-order valence-electron chi connectivity index (χ4n) is 2.94. The third-order valence-electron chi connectivity index (χ3n) is 4.86. The lowest BCUT2D eigenvalue weighted by atomic mass is 9.85. The number of nitriles is 1. The summed E-state index contributed by atoms with van der Waals surface area (Å²) in [5, 5.41) is 41.4. The van der Waals surface area contributed by atoms with Crippen molar-refractivity contribution in [2.45, 2.75) is 19.3 Å². The number of nitrogens with zero attached hydrogens (tertiary/aromatic N) is 1. The second-order valence-corrected chi connectivity index (χ2v) is 6.86. The second-order valence-electron chi connectivity index (χ2n) is 6.86. The van der Waals surface area contributed by atoms with E-state index < -0.39 is 17.6 Å². The second kappa shape index (κ2) is 8.45. The maximum absolute atomic E-state index is 12.5. The monoisotopic (exact) mass is 406 g/mol. The molecule has 2 amide bonds. The molecule has 2 aromatic rings. The first-order valence-electron chi connectivity index (χ1n) is 9.11. The fraction of sp³-hybridized carbons (Fsp3) is 0.190. The average Bonchev–Trinajstić information content (AvgIpc) is 2.67. The highest BCUT2D eigenvalue weighted by Gasteiger charge is 2.26. The Hall–Kier alpha value is -4.19. The molecule has 0 saturated heterocycles. The molecule has 0 aromatic heterocycles. The van der Waals surface area contributed by atoms with Gasteiger partial charge in [-0.3, -0.25) is 15.0 Å². The number of benzene rings is 2. The number of anilines is 2. The molecule has 1 saturated carbocycles. The van der Waals surface area contributed by atoms with Crippen LogP contribution in [0.2, 0.25) is 0 Å². The molecule has 0 atom stereocenters. The molecule has 0 unspecified atom stereocenters. The van der Waals surface area contributed by atoms with E-state index in [1.54, 1.807) is 0 Å². The lowest BCUT2D eigenvalue weighted by Gasteiger charge is -2.24. The smallest absolute Gasteiger partial charge is 0.337 e. The van der Waals surface area contributed by atoms with E-state index in [0.717, 1.165) is 25.3 Å². The van der Waals surface area contributed by atoms with Crippen molar-refractivity contribution >= 4 is 34.9 Å². The van der Waals surface area contributed by atoms with Gasteiger partial charge in [-0.05, 0) is 49.2 Å². The summed E-state index contributed by atoms with van der Waals surface area (Å²) in [5.41, 5.74) is -0.696. The van der Waals surface area contributed by atoms with Gasteiger partial charge < -0.3 is 20.8 Å². The maximum Gasteiger partial charge on any atom is 0.337 e. The van der Waals surface area contributed by atoms with Gasteiger partial charge in [-0.2, -0.15) is 5.26 Å². The number of phenols is 1. The van der Waals surface area contributed by atoms with Gasteiger partial charge >= 0.3 is 5.97 Å². The maximum atomic E-state index is 12.5. The average molecular weight is 406 g/mol. The van der Waals surface area contributed by atoms with Gasteiger partial charge in [-0.15, -0.1) is 0 Å². The number of carbonyl (C=O) groups is 3. The molecule has 3 rings (SSSR count). The Morgan fingerprint density at radius 2 is 1.80 bits per heavy atom. The summed E-state index contributed by atoms with van der Waals surface area (Å²) in [6.07, 6.45) is 2.62. The predicted octanol–water partition coefficient (Wildman–Crippen LogP) is 2.71. The van der Waals surface area contributed by atoms with Crippen LogP contribution in [0.15, 0.2) is 36.4 Å².